The van der Waals surface area contributed by atoms with Crippen molar-refractivity contribution in [1.29, 1.82) is 0 Å². The molecule has 31 heavy (non-hydrogen) atoms. The first-order valence-electron chi connectivity index (χ1n) is 10.8. The molecule has 3 aromatic rings. The van der Waals surface area contributed by atoms with Gasteiger partial charge in [-0.15, -0.1) is 0 Å². The van der Waals surface area contributed by atoms with E-state index in [2.05, 4.69) is 10.4 Å². The summed E-state index contributed by atoms with van der Waals surface area (Å²) in [5.74, 6) is 0.805. The number of rotatable bonds is 5. The van der Waals surface area contributed by atoms with Crippen LogP contribution in [-0.2, 0) is 17.9 Å². The average Bonchev–Trinajstić information content (AvgIpc) is 3.53. The van der Waals surface area contributed by atoms with Gasteiger partial charge in [0.25, 0.3) is 5.91 Å². The zero-order valence-corrected chi connectivity index (χ0v) is 17.5. The molecule has 162 valence electrons. The maximum atomic E-state index is 13.6. The van der Waals surface area contributed by atoms with E-state index in [1.807, 2.05) is 13.0 Å². The molecule has 3 aromatic heterocycles. The second-order valence-electron chi connectivity index (χ2n) is 8.60. The van der Waals surface area contributed by atoms with Gasteiger partial charge in [0.05, 0.1) is 25.6 Å². The molecule has 1 aliphatic heterocycles. The molecule has 1 fully saturated rings. The SMILES string of the molecule is C[C@@]1(C(=O)NC2CCCCC2)Cn2nc(-c3ccco3)cc2C(=O)N1Cc1ccco1. The van der Waals surface area contributed by atoms with Crippen LogP contribution in [0.15, 0.2) is 51.7 Å². The highest BCUT2D eigenvalue weighted by Crippen LogP contribution is 2.32. The van der Waals surface area contributed by atoms with Crippen LogP contribution in [0.5, 0.6) is 0 Å². The number of nitrogens with zero attached hydrogens (tertiary/aromatic N) is 3. The maximum Gasteiger partial charge on any atom is 0.273 e. The third-order valence-electron chi connectivity index (χ3n) is 6.39. The lowest BCUT2D eigenvalue weighted by molar-refractivity contribution is -0.134. The van der Waals surface area contributed by atoms with Gasteiger partial charge in [0.15, 0.2) is 5.76 Å². The lowest BCUT2D eigenvalue weighted by atomic mass is 9.91. The Bertz CT molecular complexity index is 1060. The molecule has 0 saturated heterocycles. The second kappa shape index (κ2) is 7.76. The molecule has 2 aliphatic rings. The van der Waals surface area contributed by atoms with Crippen molar-refractivity contribution in [1.82, 2.24) is 20.0 Å². The molecule has 8 heteroatoms. The topological polar surface area (TPSA) is 93.5 Å². The fourth-order valence-corrected chi connectivity index (χ4v) is 4.58. The first-order chi connectivity index (χ1) is 15.0. The zero-order chi connectivity index (χ0) is 21.4. The van der Waals surface area contributed by atoms with Crippen molar-refractivity contribution >= 4 is 11.8 Å². The molecule has 0 bridgehead atoms. The van der Waals surface area contributed by atoms with E-state index in [0.717, 1.165) is 25.7 Å². The largest absolute Gasteiger partial charge is 0.467 e. The number of furan rings is 2. The summed E-state index contributed by atoms with van der Waals surface area (Å²) >= 11 is 0. The minimum Gasteiger partial charge on any atom is -0.467 e. The van der Waals surface area contributed by atoms with E-state index >= 15 is 0 Å². The van der Waals surface area contributed by atoms with Gasteiger partial charge in [-0.3, -0.25) is 14.3 Å². The first-order valence-corrected chi connectivity index (χ1v) is 10.8. The highest BCUT2D eigenvalue weighted by atomic mass is 16.3. The van der Waals surface area contributed by atoms with E-state index in [0.29, 0.717) is 22.9 Å². The number of carbonyl (C=O) groups is 2. The van der Waals surface area contributed by atoms with Gasteiger partial charge in [0.1, 0.15) is 22.7 Å². The van der Waals surface area contributed by atoms with E-state index in [9.17, 15) is 9.59 Å². The molecule has 1 N–H and O–H groups in total. The Balaban J connectivity index is 1.49. The van der Waals surface area contributed by atoms with Crippen LogP contribution in [0.1, 0.15) is 55.3 Å². The summed E-state index contributed by atoms with van der Waals surface area (Å²) < 4.78 is 12.6. The standard InChI is InChI=1S/C23H26N4O4/c1-23(22(29)24-16-7-3-2-4-8-16)15-27-19(13-18(25-27)20-10-6-12-31-20)21(28)26(23)14-17-9-5-11-30-17/h5-6,9-13,16H,2-4,7-8,14-15H2,1H3,(H,24,29)/t23-/m0/s1. The Morgan fingerprint density at radius 3 is 2.68 bits per heavy atom. The van der Waals surface area contributed by atoms with E-state index in [1.165, 1.54) is 6.42 Å². The van der Waals surface area contributed by atoms with Crippen LogP contribution in [0.25, 0.3) is 11.5 Å². The molecular weight excluding hydrogens is 396 g/mol. The maximum absolute atomic E-state index is 13.6. The average molecular weight is 422 g/mol. The van der Waals surface area contributed by atoms with Crippen molar-refractivity contribution in [3.63, 3.8) is 0 Å². The molecule has 1 aliphatic carbocycles. The summed E-state index contributed by atoms with van der Waals surface area (Å²) in [6.45, 7) is 2.28. The van der Waals surface area contributed by atoms with Gasteiger partial charge in [-0.05, 0) is 44.0 Å². The third-order valence-corrected chi connectivity index (χ3v) is 6.39. The number of aromatic nitrogens is 2. The summed E-state index contributed by atoms with van der Waals surface area (Å²) in [6, 6.07) is 9.04. The van der Waals surface area contributed by atoms with Gasteiger partial charge in [0.2, 0.25) is 5.91 Å². The van der Waals surface area contributed by atoms with E-state index in [4.69, 9.17) is 8.83 Å². The lowest BCUT2D eigenvalue weighted by Gasteiger charge is -2.43. The number of nitrogens with one attached hydrogen (secondary N) is 1. The van der Waals surface area contributed by atoms with Gasteiger partial charge in [0, 0.05) is 12.1 Å². The fourth-order valence-electron chi connectivity index (χ4n) is 4.58. The summed E-state index contributed by atoms with van der Waals surface area (Å²) in [4.78, 5) is 28.7. The molecule has 2 amide bonds. The van der Waals surface area contributed by atoms with Gasteiger partial charge in [-0.25, -0.2) is 0 Å². The zero-order valence-electron chi connectivity index (χ0n) is 17.5. The third kappa shape index (κ3) is 3.56. The molecule has 0 spiro atoms. The van der Waals surface area contributed by atoms with Crippen molar-refractivity contribution < 1.29 is 18.4 Å². The minimum absolute atomic E-state index is 0.149. The van der Waals surface area contributed by atoms with Gasteiger partial charge < -0.3 is 19.1 Å². The molecule has 4 heterocycles. The number of hydrogen-bond acceptors (Lipinski definition) is 5. The Labute approximate surface area is 180 Å². The van der Waals surface area contributed by atoms with Crippen LogP contribution in [0.4, 0.5) is 0 Å². The molecular formula is C23H26N4O4. The number of amides is 2. The van der Waals surface area contributed by atoms with E-state index in [1.54, 1.807) is 46.4 Å². The summed E-state index contributed by atoms with van der Waals surface area (Å²) in [6.07, 6.45) is 8.54. The number of carbonyl (C=O) groups excluding carboxylic acids is 2. The van der Waals surface area contributed by atoms with Gasteiger partial charge in [-0.2, -0.15) is 5.10 Å². The summed E-state index contributed by atoms with van der Waals surface area (Å²) in [7, 11) is 0. The van der Waals surface area contributed by atoms with Crippen molar-refractivity contribution in [2.75, 3.05) is 0 Å². The lowest BCUT2D eigenvalue weighted by Crippen LogP contribution is -2.64. The van der Waals surface area contributed by atoms with Crippen LogP contribution in [0, 0.1) is 0 Å². The van der Waals surface area contributed by atoms with Crippen molar-refractivity contribution in [3.05, 3.63) is 54.3 Å². The van der Waals surface area contributed by atoms with E-state index < -0.39 is 5.54 Å². The summed E-state index contributed by atoms with van der Waals surface area (Å²) in [5, 5.41) is 7.77. The highest BCUT2D eigenvalue weighted by Gasteiger charge is 2.48. The van der Waals surface area contributed by atoms with Crippen LogP contribution in [0.3, 0.4) is 0 Å². The van der Waals surface area contributed by atoms with Gasteiger partial charge in [-0.1, -0.05) is 19.3 Å². The Morgan fingerprint density at radius 1 is 1.19 bits per heavy atom. The Hall–Kier alpha value is -3.29. The molecule has 5 rings (SSSR count). The molecule has 0 unspecified atom stereocenters. The van der Waals surface area contributed by atoms with Crippen LogP contribution in [0.2, 0.25) is 0 Å². The molecule has 1 atom stereocenters. The quantitative estimate of drug-likeness (QED) is 0.678. The van der Waals surface area contributed by atoms with Crippen molar-refractivity contribution in [2.45, 2.75) is 63.7 Å². The normalized spacial score (nSPS) is 21.8. The monoisotopic (exact) mass is 422 g/mol. The highest BCUT2D eigenvalue weighted by molar-refractivity contribution is 6.00. The smallest absolute Gasteiger partial charge is 0.273 e. The van der Waals surface area contributed by atoms with Crippen LogP contribution < -0.4 is 5.32 Å². The summed E-state index contributed by atoms with van der Waals surface area (Å²) in [5.41, 5.74) is -0.0926. The predicted molar refractivity (Wildman–Crippen MR) is 112 cm³/mol. The van der Waals surface area contributed by atoms with Crippen LogP contribution >= 0.6 is 0 Å². The van der Waals surface area contributed by atoms with Crippen molar-refractivity contribution in [3.8, 4) is 11.5 Å². The predicted octanol–water partition coefficient (Wildman–Crippen LogP) is 3.60. The molecule has 8 nitrogen and oxygen atoms in total. The van der Waals surface area contributed by atoms with Gasteiger partial charge >= 0.3 is 0 Å². The number of hydrogen-bond donors (Lipinski definition) is 1. The molecule has 0 aromatic carbocycles. The fraction of sp³-hybridized carbons (Fsp3) is 0.435. The Kier molecular flexibility index (Phi) is 4.92. The molecule has 1 saturated carbocycles. The van der Waals surface area contributed by atoms with Crippen LogP contribution in [-0.4, -0.2) is 38.1 Å². The minimum atomic E-state index is -1.10. The van der Waals surface area contributed by atoms with E-state index in [-0.39, 0.29) is 30.9 Å². The first kappa shape index (κ1) is 19.7. The number of fused-ring (bicyclic) bond motifs is 1. The second-order valence-corrected chi connectivity index (χ2v) is 8.60. The van der Waals surface area contributed by atoms with Crippen molar-refractivity contribution in [2.24, 2.45) is 0 Å². The molecule has 0 radical (unpaired) electrons. The Morgan fingerprint density at radius 2 is 1.97 bits per heavy atom.